The summed E-state index contributed by atoms with van der Waals surface area (Å²) in [4.78, 5) is 23.4. The summed E-state index contributed by atoms with van der Waals surface area (Å²) in [6.07, 6.45) is 2.76. The number of anilines is 1. The number of nitrogens with one attached hydrogen (secondary N) is 1. The lowest BCUT2D eigenvalue weighted by Gasteiger charge is -2.33. The van der Waals surface area contributed by atoms with Gasteiger partial charge in [-0.3, -0.25) is 9.69 Å². The Kier molecular flexibility index (Phi) is 6.15. The number of nitrogens with zero attached hydrogens (tertiary/aromatic N) is 5. The number of thiophene rings is 1. The van der Waals surface area contributed by atoms with Crippen molar-refractivity contribution < 1.29 is 9.18 Å². The minimum atomic E-state index is -0.259. The molecule has 7 nitrogen and oxygen atoms in total. The summed E-state index contributed by atoms with van der Waals surface area (Å²) in [6.45, 7) is 4.40. The predicted octanol–water partition coefficient (Wildman–Crippen LogP) is 3.14. The highest BCUT2D eigenvalue weighted by molar-refractivity contribution is 7.20. The molecule has 0 unspecified atom stereocenters. The second-order valence-electron chi connectivity index (χ2n) is 7.69. The molecule has 3 aromatic heterocycles. The number of rotatable bonds is 7. The van der Waals surface area contributed by atoms with Crippen LogP contribution in [0.15, 0.2) is 48.0 Å². The van der Waals surface area contributed by atoms with Gasteiger partial charge in [-0.2, -0.15) is 0 Å². The van der Waals surface area contributed by atoms with Crippen molar-refractivity contribution >= 4 is 38.7 Å². The van der Waals surface area contributed by atoms with E-state index in [0.717, 1.165) is 53.9 Å². The number of piperazine rings is 1. The van der Waals surface area contributed by atoms with Crippen molar-refractivity contribution in [2.45, 2.75) is 6.42 Å². The highest BCUT2D eigenvalue weighted by Gasteiger charge is 2.22. The van der Waals surface area contributed by atoms with Gasteiger partial charge in [0, 0.05) is 43.2 Å². The fraction of sp³-hybridized carbons (Fsp3) is 0.318. The zero-order valence-electron chi connectivity index (χ0n) is 17.4. The Morgan fingerprint density at radius 1 is 1.12 bits per heavy atom. The Morgan fingerprint density at radius 3 is 2.66 bits per heavy atom. The van der Waals surface area contributed by atoms with Gasteiger partial charge in [-0.15, -0.1) is 16.4 Å². The van der Waals surface area contributed by atoms with Gasteiger partial charge in [0.25, 0.3) is 0 Å². The Bertz CT molecular complexity index is 1150. The van der Waals surface area contributed by atoms with E-state index in [1.165, 1.54) is 17.0 Å². The number of hydrogen-bond acceptors (Lipinski definition) is 7. The highest BCUT2D eigenvalue weighted by atomic mass is 32.1. The van der Waals surface area contributed by atoms with Crippen LogP contribution in [0, 0.1) is 5.82 Å². The fourth-order valence-corrected chi connectivity index (χ4v) is 5.36. The van der Waals surface area contributed by atoms with Gasteiger partial charge in [-0.1, -0.05) is 17.4 Å². The maximum absolute atomic E-state index is 13.1. The number of halogens is 1. The number of imidazole rings is 1. The molecule has 166 valence electrons. The van der Waals surface area contributed by atoms with Crippen molar-refractivity contribution in [1.82, 2.24) is 24.8 Å². The first-order chi connectivity index (χ1) is 15.6. The normalized spacial score (nSPS) is 14.8. The molecule has 1 amide bonds. The van der Waals surface area contributed by atoms with Gasteiger partial charge in [-0.25, -0.2) is 13.9 Å². The van der Waals surface area contributed by atoms with E-state index >= 15 is 0 Å². The first kappa shape index (κ1) is 21.0. The van der Waals surface area contributed by atoms with Crippen LogP contribution in [0.5, 0.6) is 0 Å². The summed E-state index contributed by atoms with van der Waals surface area (Å²) in [5.41, 5.74) is 1.65. The molecule has 1 aliphatic heterocycles. The van der Waals surface area contributed by atoms with Crippen LogP contribution in [-0.4, -0.2) is 64.7 Å². The minimum absolute atomic E-state index is 0.0797. The van der Waals surface area contributed by atoms with E-state index in [-0.39, 0.29) is 11.7 Å². The molecule has 0 radical (unpaired) electrons. The first-order valence-electron chi connectivity index (χ1n) is 10.5. The van der Waals surface area contributed by atoms with E-state index in [1.54, 1.807) is 39.3 Å². The van der Waals surface area contributed by atoms with Crippen LogP contribution in [0.4, 0.5) is 9.52 Å². The second kappa shape index (κ2) is 9.35. The zero-order valence-corrected chi connectivity index (χ0v) is 19.0. The number of carbonyl (C=O) groups excluding carboxylic acids is 1. The van der Waals surface area contributed by atoms with Crippen LogP contribution in [0.2, 0.25) is 0 Å². The third-order valence-corrected chi connectivity index (χ3v) is 7.38. The summed E-state index contributed by atoms with van der Waals surface area (Å²) in [5.74, 6) is -0.179. The van der Waals surface area contributed by atoms with Crippen LogP contribution in [0.3, 0.4) is 0 Å². The van der Waals surface area contributed by atoms with Crippen LogP contribution < -0.4 is 10.2 Å². The number of amides is 1. The molecule has 0 aliphatic carbocycles. The number of carbonyl (C=O) groups is 1. The van der Waals surface area contributed by atoms with Crippen molar-refractivity contribution in [3.63, 3.8) is 0 Å². The van der Waals surface area contributed by atoms with Gasteiger partial charge < -0.3 is 10.2 Å². The Labute approximate surface area is 193 Å². The summed E-state index contributed by atoms with van der Waals surface area (Å²) in [6, 6.07) is 10.4. The Balaban J connectivity index is 1.12. The molecule has 1 aliphatic rings. The highest BCUT2D eigenvalue weighted by Crippen LogP contribution is 2.27. The topological polar surface area (TPSA) is 65.8 Å². The molecule has 1 saturated heterocycles. The van der Waals surface area contributed by atoms with Gasteiger partial charge >= 0.3 is 0 Å². The molecule has 0 spiro atoms. The van der Waals surface area contributed by atoms with Crippen molar-refractivity contribution in [3.05, 3.63) is 58.7 Å². The summed E-state index contributed by atoms with van der Waals surface area (Å²) < 4.78 is 14.9. The second-order valence-corrected chi connectivity index (χ2v) is 9.65. The standard InChI is InChI=1S/C22H23FN6OS2/c23-17-5-3-16(4-6-17)19-14-29-21(25-19)32-22(26-29)28-11-9-27(10-12-28)15-20(30)24-8-7-18-2-1-13-31-18/h1-6,13-14H,7-12,15H2,(H,24,30). The fourth-order valence-electron chi connectivity index (χ4n) is 3.71. The lowest BCUT2D eigenvalue weighted by molar-refractivity contribution is -0.122. The molecule has 32 heavy (non-hydrogen) atoms. The maximum atomic E-state index is 13.1. The van der Waals surface area contributed by atoms with Gasteiger partial charge in [0.15, 0.2) is 0 Å². The quantitative estimate of drug-likeness (QED) is 0.450. The van der Waals surface area contributed by atoms with Crippen LogP contribution in [-0.2, 0) is 11.2 Å². The molecule has 0 saturated carbocycles. The molecule has 1 fully saturated rings. The average molecular weight is 471 g/mol. The number of aromatic nitrogens is 3. The molecule has 1 aromatic carbocycles. The van der Waals surface area contributed by atoms with Gasteiger partial charge in [0.2, 0.25) is 16.0 Å². The zero-order chi connectivity index (χ0) is 21.9. The summed E-state index contributed by atoms with van der Waals surface area (Å²) in [5, 5.41) is 10.7. The average Bonchev–Trinajstić information content (AvgIpc) is 3.52. The molecule has 4 aromatic rings. The molecule has 10 heteroatoms. The van der Waals surface area contributed by atoms with Crippen molar-refractivity contribution in [1.29, 1.82) is 0 Å². The lowest BCUT2D eigenvalue weighted by atomic mass is 10.2. The van der Waals surface area contributed by atoms with E-state index < -0.39 is 0 Å². The molecule has 0 atom stereocenters. The summed E-state index contributed by atoms with van der Waals surface area (Å²) in [7, 11) is 0. The first-order valence-corrected chi connectivity index (χ1v) is 12.2. The molecule has 1 N–H and O–H groups in total. The third kappa shape index (κ3) is 4.82. The SMILES string of the molecule is O=C(CN1CCN(c2nn3cc(-c4ccc(F)cc4)nc3s2)CC1)NCCc1cccs1. The van der Waals surface area contributed by atoms with Gasteiger partial charge in [-0.05, 0) is 42.1 Å². The molecular weight excluding hydrogens is 447 g/mol. The van der Waals surface area contributed by atoms with Crippen molar-refractivity contribution in [2.75, 3.05) is 44.2 Å². The van der Waals surface area contributed by atoms with E-state index in [9.17, 15) is 9.18 Å². The maximum Gasteiger partial charge on any atom is 0.234 e. The van der Waals surface area contributed by atoms with E-state index in [1.807, 2.05) is 12.3 Å². The lowest BCUT2D eigenvalue weighted by Crippen LogP contribution is -2.49. The smallest absolute Gasteiger partial charge is 0.234 e. The van der Waals surface area contributed by atoms with Crippen LogP contribution in [0.1, 0.15) is 4.88 Å². The van der Waals surface area contributed by atoms with E-state index in [0.29, 0.717) is 13.1 Å². The van der Waals surface area contributed by atoms with Crippen LogP contribution in [0.25, 0.3) is 16.2 Å². The largest absolute Gasteiger partial charge is 0.355 e. The minimum Gasteiger partial charge on any atom is -0.355 e. The van der Waals surface area contributed by atoms with E-state index in [4.69, 9.17) is 0 Å². The van der Waals surface area contributed by atoms with Crippen molar-refractivity contribution in [3.8, 4) is 11.3 Å². The molecule has 5 rings (SSSR count). The van der Waals surface area contributed by atoms with Gasteiger partial charge in [0.05, 0.1) is 18.4 Å². The predicted molar refractivity (Wildman–Crippen MR) is 126 cm³/mol. The molecular formula is C22H23FN6OS2. The molecule has 4 heterocycles. The van der Waals surface area contributed by atoms with E-state index in [2.05, 4.69) is 36.6 Å². The number of fused-ring (bicyclic) bond motifs is 1. The van der Waals surface area contributed by atoms with Gasteiger partial charge in [0.1, 0.15) is 5.82 Å². The number of benzene rings is 1. The summed E-state index contributed by atoms with van der Waals surface area (Å²) >= 11 is 3.26. The molecule has 0 bridgehead atoms. The van der Waals surface area contributed by atoms with Crippen LogP contribution >= 0.6 is 22.7 Å². The third-order valence-electron chi connectivity index (χ3n) is 5.46. The van der Waals surface area contributed by atoms with Crippen molar-refractivity contribution in [2.24, 2.45) is 0 Å². The number of hydrogen-bond donors (Lipinski definition) is 1. The Hall–Kier alpha value is -2.82. The monoisotopic (exact) mass is 470 g/mol. The Morgan fingerprint density at radius 2 is 1.94 bits per heavy atom.